The molecular formula is C43H51N3O7S2. The summed E-state index contributed by atoms with van der Waals surface area (Å²) in [5, 5.41) is 5.69. The molecule has 3 amide bonds. The summed E-state index contributed by atoms with van der Waals surface area (Å²) in [4.78, 5) is 55.3. The van der Waals surface area contributed by atoms with E-state index in [0.29, 0.717) is 38.1 Å². The Balaban J connectivity index is 1.54. The number of hydrazine groups is 1. The molecule has 55 heavy (non-hydrogen) atoms. The summed E-state index contributed by atoms with van der Waals surface area (Å²) < 4.78 is 18.3. The molecule has 0 radical (unpaired) electrons. The van der Waals surface area contributed by atoms with Gasteiger partial charge in [0.15, 0.2) is 5.75 Å². The lowest BCUT2D eigenvalue weighted by atomic mass is 9.86. The molecule has 2 aliphatic heterocycles. The van der Waals surface area contributed by atoms with Gasteiger partial charge in [0.2, 0.25) is 0 Å². The van der Waals surface area contributed by atoms with Crippen molar-refractivity contribution in [3.05, 3.63) is 105 Å². The van der Waals surface area contributed by atoms with E-state index in [1.165, 1.54) is 33.5 Å². The van der Waals surface area contributed by atoms with Gasteiger partial charge in [0.1, 0.15) is 17.9 Å². The number of fused-ring (bicyclic) bond motifs is 1. The number of hydrogen-bond donors (Lipinski definition) is 1. The molecule has 1 fully saturated rings. The zero-order chi connectivity index (χ0) is 39.7. The van der Waals surface area contributed by atoms with Crippen LogP contribution < -0.4 is 14.8 Å². The standard InChI is InChI=1S/C43H51N3O7S2/c1-8-10-17-29(9-2)27-52-33-24-32(43(5,6)7)35(53-42(50)44-22-23-51-40(49)28(3)4)37-36(33)54-41(55-37)34-38(47)45(25-30-18-13-11-14-19-30)46(39(34)48)26-31-20-15-12-16-21-31/h11-16,18-21,24,29H,3,8-10,17,22-23,25-27H2,1-2,4-7H3,(H,44,50). The van der Waals surface area contributed by atoms with Crippen LogP contribution in [0.3, 0.4) is 0 Å². The fraction of sp³-hybridized carbons (Fsp3) is 0.395. The average molecular weight is 786 g/mol. The zero-order valence-corrected chi connectivity index (χ0v) is 34.2. The molecule has 1 saturated heterocycles. The number of nitrogens with zero attached hydrogens (tertiary/aromatic N) is 2. The summed E-state index contributed by atoms with van der Waals surface area (Å²) in [5.74, 6) is -0.0710. The fourth-order valence-electron chi connectivity index (χ4n) is 6.09. The summed E-state index contributed by atoms with van der Waals surface area (Å²) in [6.07, 6.45) is 3.47. The van der Waals surface area contributed by atoms with E-state index in [4.69, 9.17) is 14.2 Å². The molecule has 2 heterocycles. The summed E-state index contributed by atoms with van der Waals surface area (Å²) in [5.41, 5.74) is 2.33. The number of hydrogen-bond acceptors (Lipinski definition) is 9. The third kappa shape index (κ3) is 10.3. The molecule has 12 heteroatoms. The van der Waals surface area contributed by atoms with E-state index in [1.807, 2.05) is 87.5 Å². The van der Waals surface area contributed by atoms with Gasteiger partial charge in [-0.1, -0.05) is 145 Å². The number of rotatable bonds is 16. The highest BCUT2D eigenvalue weighted by molar-refractivity contribution is 8.25. The van der Waals surface area contributed by atoms with Crippen LogP contribution in [0.15, 0.2) is 98.5 Å². The van der Waals surface area contributed by atoms with E-state index in [0.717, 1.165) is 42.4 Å². The Morgan fingerprint density at radius 1 is 0.891 bits per heavy atom. The Morgan fingerprint density at radius 2 is 1.47 bits per heavy atom. The van der Waals surface area contributed by atoms with Crippen LogP contribution in [-0.2, 0) is 37.6 Å². The Bertz CT molecular complexity index is 1860. The largest absolute Gasteiger partial charge is 0.492 e. The van der Waals surface area contributed by atoms with Gasteiger partial charge in [-0.15, -0.1) is 0 Å². The Hall–Kier alpha value is -4.68. The van der Waals surface area contributed by atoms with Gasteiger partial charge in [0, 0.05) is 11.1 Å². The molecule has 0 bridgehead atoms. The maximum atomic E-state index is 14.4. The lowest BCUT2D eigenvalue weighted by molar-refractivity contribution is -0.149. The second-order valence-electron chi connectivity index (χ2n) is 14.7. The van der Waals surface area contributed by atoms with Crippen LogP contribution in [0.25, 0.3) is 0 Å². The topological polar surface area (TPSA) is 114 Å². The number of benzene rings is 3. The number of ether oxygens (including phenoxy) is 3. The molecule has 10 nitrogen and oxygen atoms in total. The normalized spacial score (nSPS) is 14.6. The first-order valence-electron chi connectivity index (χ1n) is 18.8. The van der Waals surface area contributed by atoms with E-state index in [1.54, 1.807) is 6.92 Å². The van der Waals surface area contributed by atoms with Crippen molar-refractivity contribution >= 4 is 47.4 Å². The SMILES string of the molecule is C=C(C)C(=O)OCCNC(=O)Oc1c(C(C)(C)C)cc(OCC(CC)CCCC)c2c1SC(=C1C(=O)N(Cc3ccccc3)N(Cc3ccccc3)C1=O)S2. The molecule has 2 aliphatic rings. The molecule has 3 aromatic carbocycles. The smallest absolute Gasteiger partial charge is 0.412 e. The fourth-order valence-corrected chi connectivity index (χ4v) is 8.77. The van der Waals surface area contributed by atoms with Gasteiger partial charge in [0.25, 0.3) is 11.8 Å². The highest BCUT2D eigenvalue weighted by Gasteiger charge is 2.46. The zero-order valence-electron chi connectivity index (χ0n) is 32.6. The van der Waals surface area contributed by atoms with E-state index in [9.17, 15) is 19.2 Å². The molecule has 292 valence electrons. The average Bonchev–Trinajstić information content (AvgIpc) is 3.69. The number of unbranched alkanes of at least 4 members (excludes halogenated alkanes) is 1. The Kier molecular flexibility index (Phi) is 14.2. The number of amides is 3. The summed E-state index contributed by atoms with van der Waals surface area (Å²) >= 11 is 2.54. The third-order valence-corrected chi connectivity index (χ3v) is 11.9. The first kappa shape index (κ1) is 41.5. The molecule has 1 unspecified atom stereocenters. The monoisotopic (exact) mass is 785 g/mol. The number of thioether (sulfide) groups is 2. The predicted octanol–water partition coefficient (Wildman–Crippen LogP) is 9.18. The van der Waals surface area contributed by atoms with Crippen LogP contribution in [0.2, 0.25) is 0 Å². The van der Waals surface area contributed by atoms with Crippen molar-refractivity contribution in [3.63, 3.8) is 0 Å². The molecular weight excluding hydrogens is 735 g/mol. The van der Waals surface area contributed by atoms with Crippen molar-refractivity contribution in [2.24, 2.45) is 5.92 Å². The minimum Gasteiger partial charge on any atom is -0.492 e. The van der Waals surface area contributed by atoms with Crippen molar-refractivity contribution in [1.29, 1.82) is 0 Å². The Labute approximate surface area is 333 Å². The lowest BCUT2D eigenvalue weighted by Crippen LogP contribution is -2.39. The second kappa shape index (κ2) is 18.8. The van der Waals surface area contributed by atoms with Crippen molar-refractivity contribution in [2.75, 3.05) is 19.8 Å². The predicted molar refractivity (Wildman–Crippen MR) is 216 cm³/mol. The van der Waals surface area contributed by atoms with Crippen molar-refractivity contribution in [2.45, 2.75) is 95.5 Å². The van der Waals surface area contributed by atoms with E-state index in [-0.39, 0.29) is 37.4 Å². The van der Waals surface area contributed by atoms with Crippen LogP contribution in [0.5, 0.6) is 11.5 Å². The number of carbonyl (C=O) groups is 4. The molecule has 0 aliphatic carbocycles. The van der Waals surface area contributed by atoms with Gasteiger partial charge in [-0.3, -0.25) is 9.59 Å². The van der Waals surface area contributed by atoms with Crippen molar-refractivity contribution in [3.8, 4) is 11.5 Å². The molecule has 5 rings (SSSR count). The molecule has 0 spiro atoms. The molecule has 0 saturated carbocycles. The lowest BCUT2D eigenvalue weighted by Gasteiger charge is -2.27. The number of nitrogens with one attached hydrogen (secondary N) is 1. The van der Waals surface area contributed by atoms with Gasteiger partial charge in [-0.25, -0.2) is 19.6 Å². The Morgan fingerprint density at radius 3 is 2.00 bits per heavy atom. The van der Waals surface area contributed by atoms with Crippen LogP contribution in [0, 0.1) is 5.92 Å². The van der Waals surface area contributed by atoms with Crippen LogP contribution in [0.4, 0.5) is 4.79 Å². The van der Waals surface area contributed by atoms with E-state index >= 15 is 0 Å². The number of carbonyl (C=O) groups excluding carboxylic acids is 4. The molecule has 3 aromatic rings. The quantitative estimate of drug-likeness (QED) is 0.0657. The van der Waals surface area contributed by atoms with Crippen LogP contribution >= 0.6 is 23.5 Å². The van der Waals surface area contributed by atoms with Crippen molar-refractivity contribution in [1.82, 2.24) is 15.3 Å². The second-order valence-corrected chi connectivity index (χ2v) is 17.0. The van der Waals surface area contributed by atoms with Crippen LogP contribution in [-0.4, -0.2) is 53.7 Å². The summed E-state index contributed by atoms with van der Waals surface area (Å²) in [7, 11) is 0. The molecule has 1 N–H and O–H groups in total. The minimum atomic E-state index is -0.735. The molecule has 0 aromatic heterocycles. The maximum absolute atomic E-state index is 14.4. The van der Waals surface area contributed by atoms with E-state index < -0.39 is 29.3 Å². The molecule has 1 atom stereocenters. The minimum absolute atomic E-state index is 0.0248. The van der Waals surface area contributed by atoms with Crippen LogP contribution in [0.1, 0.15) is 83.9 Å². The van der Waals surface area contributed by atoms with Gasteiger partial charge >= 0.3 is 12.1 Å². The number of esters is 1. The third-order valence-electron chi connectivity index (χ3n) is 9.26. The van der Waals surface area contributed by atoms with Crippen molar-refractivity contribution < 1.29 is 33.4 Å². The first-order valence-corrected chi connectivity index (χ1v) is 20.4. The highest BCUT2D eigenvalue weighted by atomic mass is 32.2. The maximum Gasteiger partial charge on any atom is 0.412 e. The highest BCUT2D eigenvalue weighted by Crippen LogP contribution is 2.61. The first-order chi connectivity index (χ1) is 26.3. The summed E-state index contributed by atoms with van der Waals surface area (Å²) in [6, 6.07) is 21.1. The van der Waals surface area contributed by atoms with E-state index in [2.05, 4.69) is 25.7 Å². The summed E-state index contributed by atoms with van der Waals surface area (Å²) in [6.45, 7) is 16.4. The van der Waals surface area contributed by atoms with Gasteiger partial charge in [0.05, 0.1) is 40.3 Å². The van der Waals surface area contributed by atoms with Gasteiger partial charge < -0.3 is 19.5 Å². The van der Waals surface area contributed by atoms with Gasteiger partial charge in [-0.2, -0.15) is 0 Å². The van der Waals surface area contributed by atoms with Gasteiger partial charge in [-0.05, 0) is 41.9 Å².